The lowest BCUT2D eigenvalue weighted by Gasteiger charge is -2.36. The van der Waals surface area contributed by atoms with E-state index >= 15 is 0 Å². The van der Waals surface area contributed by atoms with E-state index in [1.54, 1.807) is 6.92 Å². The molecule has 1 aliphatic carbocycles. The molecule has 0 heterocycles. The second-order valence-corrected chi connectivity index (χ2v) is 10.2. The number of carboxylic acids is 1. The quantitative estimate of drug-likeness (QED) is 0.135. The van der Waals surface area contributed by atoms with Gasteiger partial charge in [0.15, 0.2) is 0 Å². The van der Waals surface area contributed by atoms with Crippen molar-refractivity contribution in [3.05, 3.63) is 11.6 Å². The summed E-state index contributed by atoms with van der Waals surface area (Å²) in [6.45, 7) is 4.38. The zero-order chi connectivity index (χ0) is 23.6. The molecule has 0 spiro atoms. The van der Waals surface area contributed by atoms with E-state index in [4.69, 9.17) is 9.84 Å². The van der Waals surface area contributed by atoms with Crippen molar-refractivity contribution in [2.75, 3.05) is 12.4 Å². The van der Waals surface area contributed by atoms with Crippen LogP contribution in [0.25, 0.3) is 0 Å². The molecule has 0 saturated heterocycles. The van der Waals surface area contributed by atoms with E-state index in [-0.39, 0.29) is 29.3 Å². The van der Waals surface area contributed by atoms with Crippen LogP contribution in [-0.2, 0) is 14.3 Å². The first-order valence-corrected chi connectivity index (χ1v) is 13.9. The van der Waals surface area contributed by atoms with Crippen LogP contribution in [-0.4, -0.2) is 45.9 Å². The Morgan fingerprint density at radius 1 is 1.00 bits per heavy atom. The number of aliphatic carboxylic acids is 1. The van der Waals surface area contributed by atoms with Gasteiger partial charge in [0.2, 0.25) is 0 Å². The number of esters is 1. The van der Waals surface area contributed by atoms with Crippen LogP contribution < -0.4 is 0 Å². The fourth-order valence-electron chi connectivity index (χ4n) is 4.46. The van der Waals surface area contributed by atoms with E-state index in [0.29, 0.717) is 13.0 Å². The first-order valence-electron chi connectivity index (χ1n) is 12.9. The van der Waals surface area contributed by atoms with Crippen molar-refractivity contribution in [3.8, 4) is 0 Å². The SMILES string of the molecule is CCCCCCCCCCCCCC=C1CCC(CC(=O)O)C(O)C1SCC(=O)OCC. The Hall–Kier alpha value is -1.01. The van der Waals surface area contributed by atoms with Crippen LogP contribution in [0.5, 0.6) is 0 Å². The summed E-state index contributed by atoms with van der Waals surface area (Å²) in [7, 11) is 0. The summed E-state index contributed by atoms with van der Waals surface area (Å²) in [6.07, 6.45) is 18.4. The monoisotopic (exact) mass is 470 g/mol. The number of aliphatic hydroxyl groups excluding tert-OH is 1. The van der Waals surface area contributed by atoms with Crippen molar-refractivity contribution >= 4 is 23.7 Å². The van der Waals surface area contributed by atoms with Crippen LogP contribution in [0, 0.1) is 5.92 Å². The van der Waals surface area contributed by atoms with Gasteiger partial charge in [-0.2, -0.15) is 0 Å². The van der Waals surface area contributed by atoms with Gasteiger partial charge in [-0.25, -0.2) is 0 Å². The molecule has 0 aromatic rings. The molecule has 0 bridgehead atoms. The normalized spacial score (nSPS) is 22.2. The summed E-state index contributed by atoms with van der Waals surface area (Å²) in [4.78, 5) is 22.9. The molecule has 6 heteroatoms. The average molecular weight is 471 g/mol. The van der Waals surface area contributed by atoms with Gasteiger partial charge < -0.3 is 14.9 Å². The van der Waals surface area contributed by atoms with Crippen LogP contribution >= 0.6 is 11.8 Å². The van der Waals surface area contributed by atoms with Gasteiger partial charge in [0, 0.05) is 0 Å². The fourth-order valence-corrected chi connectivity index (χ4v) is 5.71. The number of thioether (sulfide) groups is 1. The predicted molar refractivity (Wildman–Crippen MR) is 133 cm³/mol. The summed E-state index contributed by atoms with van der Waals surface area (Å²) in [5, 5.41) is 19.7. The minimum absolute atomic E-state index is 0.0243. The third kappa shape index (κ3) is 12.9. The molecule has 1 saturated carbocycles. The van der Waals surface area contributed by atoms with Crippen molar-refractivity contribution in [1.29, 1.82) is 0 Å². The third-order valence-corrected chi connectivity index (χ3v) is 7.64. The molecular weight excluding hydrogens is 424 g/mol. The van der Waals surface area contributed by atoms with Gasteiger partial charge in [0.1, 0.15) is 0 Å². The number of rotatable bonds is 18. The minimum Gasteiger partial charge on any atom is -0.481 e. The van der Waals surface area contributed by atoms with Crippen LogP contribution in [0.15, 0.2) is 11.6 Å². The number of carboxylic acid groups (broad SMARTS) is 1. The summed E-state index contributed by atoms with van der Waals surface area (Å²) in [5.74, 6) is -1.23. The molecule has 2 N–H and O–H groups in total. The lowest BCUT2D eigenvalue weighted by molar-refractivity contribution is -0.140. The molecular formula is C26H46O5S. The lowest BCUT2D eigenvalue weighted by Crippen LogP contribution is -2.39. The topological polar surface area (TPSA) is 83.8 Å². The number of hydrogen-bond donors (Lipinski definition) is 2. The molecule has 3 atom stereocenters. The zero-order valence-corrected chi connectivity index (χ0v) is 21.2. The van der Waals surface area contributed by atoms with Crippen LogP contribution in [0.2, 0.25) is 0 Å². The van der Waals surface area contributed by atoms with E-state index in [1.165, 1.54) is 81.5 Å². The Balaban J connectivity index is 2.37. The van der Waals surface area contributed by atoms with Gasteiger partial charge in [0.25, 0.3) is 0 Å². The van der Waals surface area contributed by atoms with Gasteiger partial charge in [-0.1, -0.05) is 82.8 Å². The molecule has 1 rings (SSSR count). The van der Waals surface area contributed by atoms with Gasteiger partial charge in [-0.05, 0) is 38.5 Å². The summed E-state index contributed by atoms with van der Waals surface area (Å²) in [6, 6.07) is 0. The van der Waals surface area contributed by atoms with Crippen molar-refractivity contribution in [2.24, 2.45) is 5.92 Å². The maximum Gasteiger partial charge on any atom is 0.315 e. The number of hydrogen-bond acceptors (Lipinski definition) is 5. The Morgan fingerprint density at radius 3 is 2.16 bits per heavy atom. The Labute approximate surface area is 199 Å². The molecule has 0 aromatic carbocycles. The van der Waals surface area contributed by atoms with Crippen molar-refractivity contribution in [3.63, 3.8) is 0 Å². The van der Waals surface area contributed by atoms with Crippen molar-refractivity contribution in [2.45, 2.75) is 122 Å². The molecule has 0 aliphatic heterocycles. The second-order valence-electron chi connectivity index (χ2n) is 9.03. The second kappa shape index (κ2) is 18.4. The Kier molecular flexibility index (Phi) is 16.7. The Bertz CT molecular complexity index is 548. The highest BCUT2D eigenvalue weighted by Gasteiger charge is 2.36. The fraction of sp³-hybridized carbons (Fsp3) is 0.846. The number of unbranched alkanes of at least 4 members (excludes halogenated alkanes) is 11. The maximum atomic E-state index is 11.8. The van der Waals surface area contributed by atoms with Crippen LogP contribution in [0.1, 0.15) is 110 Å². The number of aliphatic hydroxyl groups is 1. The molecule has 0 radical (unpaired) electrons. The van der Waals surface area contributed by atoms with Gasteiger partial charge in [-0.3, -0.25) is 9.59 Å². The first-order chi connectivity index (χ1) is 15.5. The highest BCUT2D eigenvalue weighted by atomic mass is 32.2. The molecule has 1 fully saturated rings. The Morgan fingerprint density at radius 2 is 1.59 bits per heavy atom. The molecule has 5 nitrogen and oxygen atoms in total. The molecule has 0 amide bonds. The van der Waals surface area contributed by atoms with Crippen molar-refractivity contribution < 1.29 is 24.5 Å². The van der Waals surface area contributed by atoms with Gasteiger partial charge >= 0.3 is 11.9 Å². The lowest BCUT2D eigenvalue weighted by atomic mass is 9.80. The van der Waals surface area contributed by atoms with Gasteiger partial charge in [0.05, 0.1) is 30.1 Å². The largest absolute Gasteiger partial charge is 0.481 e. The summed E-state index contributed by atoms with van der Waals surface area (Å²) < 4.78 is 5.02. The van der Waals surface area contributed by atoms with E-state index in [2.05, 4.69) is 13.0 Å². The zero-order valence-electron chi connectivity index (χ0n) is 20.4. The number of carbonyl (C=O) groups excluding carboxylic acids is 1. The summed E-state index contributed by atoms with van der Waals surface area (Å²) in [5.41, 5.74) is 1.17. The molecule has 186 valence electrons. The van der Waals surface area contributed by atoms with E-state index in [0.717, 1.165) is 19.3 Å². The smallest absolute Gasteiger partial charge is 0.315 e. The van der Waals surface area contributed by atoms with E-state index in [9.17, 15) is 14.7 Å². The summed E-state index contributed by atoms with van der Waals surface area (Å²) >= 11 is 1.39. The third-order valence-electron chi connectivity index (χ3n) is 6.30. The highest BCUT2D eigenvalue weighted by molar-refractivity contribution is 8.00. The number of carbonyl (C=O) groups is 2. The van der Waals surface area contributed by atoms with Crippen LogP contribution in [0.3, 0.4) is 0 Å². The van der Waals surface area contributed by atoms with Gasteiger partial charge in [-0.15, -0.1) is 11.8 Å². The maximum absolute atomic E-state index is 11.8. The number of ether oxygens (including phenoxy) is 1. The van der Waals surface area contributed by atoms with E-state index in [1.807, 2.05) is 0 Å². The van der Waals surface area contributed by atoms with E-state index < -0.39 is 12.1 Å². The van der Waals surface area contributed by atoms with Crippen molar-refractivity contribution in [1.82, 2.24) is 0 Å². The average Bonchev–Trinajstić information content (AvgIpc) is 2.75. The number of allylic oxidation sites excluding steroid dienone is 1. The molecule has 3 unspecified atom stereocenters. The molecule has 0 aromatic heterocycles. The first kappa shape index (κ1) is 29.0. The molecule has 32 heavy (non-hydrogen) atoms. The molecule has 1 aliphatic rings. The highest BCUT2D eigenvalue weighted by Crippen LogP contribution is 2.38. The predicted octanol–water partition coefficient (Wildman–Crippen LogP) is 6.52. The standard InChI is InChI=1S/C26H46O5S/c1-3-5-6-7-8-9-10-11-12-13-14-15-16-21-17-18-22(19-23(27)28)25(30)26(21)32-20-24(29)31-4-2/h16,22,25-26,30H,3-15,17-20H2,1-2H3,(H,27,28). The minimum atomic E-state index is -0.878. The van der Waals surface area contributed by atoms with Crippen LogP contribution in [0.4, 0.5) is 0 Å².